The number of aliphatic hydroxyl groups is 1. The molecule has 1 fully saturated rings. The predicted molar refractivity (Wildman–Crippen MR) is 96.1 cm³/mol. The van der Waals surface area contributed by atoms with Gasteiger partial charge in [-0.1, -0.05) is 25.5 Å². The zero-order valence-electron chi connectivity index (χ0n) is 15.4. The van der Waals surface area contributed by atoms with Gasteiger partial charge in [-0.3, -0.25) is 4.90 Å². The van der Waals surface area contributed by atoms with Crippen molar-refractivity contribution in [2.45, 2.75) is 32.8 Å². The molecular formula is C19H31N2O4+. The minimum absolute atomic E-state index is 0.239. The molecule has 0 spiro atoms. The number of hydrogen-bond donors (Lipinski definition) is 2. The van der Waals surface area contributed by atoms with Crippen molar-refractivity contribution in [3.8, 4) is 5.75 Å². The number of piperazine rings is 1. The van der Waals surface area contributed by atoms with Crippen LogP contribution in [0.2, 0.25) is 0 Å². The lowest BCUT2D eigenvalue weighted by atomic mass is 10.1. The molecule has 6 nitrogen and oxygen atoms in total. The van der Waals surface area contributed by atoms with Crippen LogP contribution in [0.15, 0.2) is 24.3 Å². The summed E-state index contributed by atoms with van der Waals surface area (Å²) in [5.74, 6) is 0.793. The SMILES string of the molecule is CCCc1ccc(OCC(O)C[NH+]2CCN(C(=O)OCC)CC2)cc1. The first kappa shape index (κ1) is 19.5. The lowest BCUT2D eigenvalue weighted by molar-refractivity contribution is -0.907. The Morgan fingerprint density at radius 3 is 2.52 bits per heavy atom. The van der Waals surface area contributed by atoms with Gasteiger partial charge in [0.15, 0.2) is 0 Å². The summed E-state index contributed by atoms with van der Waals surface area (Å²) in [5, 5.41) is 10.2. The number of carbonyl (C=O) groups excluding carboxylic acids is 1. The Bertz CT molecular complexity index is 513. The largest absolute Gasteiger partial charge is 0.491 e. The van der Waals surface area contributed by atoms with Gasteiger partial charge in [0.2, 0.25) is 0 Å². The molecule has 1 aliphatic heterocycles. The molecule has 1 amide bonds. The summed E-state index contributed by atoms with van der Waals surface area (Å²) in [7, 11) is 0. The third-order valence-electron chi connectivity index (χ3n) is 4.43. The van der Waals surface area contributed by atoms with E-state index in [-0.39, 0.29) is 12.7 Å². The van der Waals surface area contributed by atoms with Crippen LogP contribution >= 0.6 is 0 Å². The van der Waals surface area contributed by atoms with Crippen LogP contribution < -0.4 is 9.64 Å². The smallest absolute Gasteiger partial charge is 0.410 e. The highest BCUT2D eigenvalue weighted by molar-refractivity contribution is 5.67. The molecule has 1 atom stereocenters. The summed E-state index contributed by atoms with van der Waals surface area (Å²) < 4.78 is 10.7. The maximum atomic E-state index is 11.7. The van der Waals surface area contributed by atoms with Gasteiger partial charge < -0.3 is 19.5 Å². The van der Waals surface area contributed by atoms with Crippen LogP contribution in [0, 0.1) is 0 Å². The van der Waals surface area contributed by atoms with Crippen LogP contribution in [0.1, 0.15) is 25.8 Å². The van der Waals surface area contributed by atoms with E-state index >= 15 is 0 Å². The summed E-state index contributed by atoms with van der Waals surface area (Å²) in [6.45, 7) is 8.28. The topological polar surface area (TPSA) is 63.4 Å². The van der Waals surface area contributed by atoms with E-state index < -0.39 is 6.10 Å². The Balaban J connectivity index is 1.67. The number of amides is 1. The van der Waals surface area contributed by atoms with Crippen molar-refractivity contribution in [2.75, 3.05) is 45.9 Å². The van der Waals surface area contributed by atoms with Crippen LogP contribution in [-0.2, 0) is 11.2 Å². The minimum atomic E-state index is -0.514. The second-order valence-corrected chi connectivity index (χ2v) is 6.50. The van der Waals surface area contributed by atoms with Gasteiger partial charge in [0.25, 0.3) is 0 Å². The zero-order chi connectivity index (χ0) is 18.1. The molecular weight excluding hydrogens is 320 g/mol. The minimum Gasteiger partial charge on any atom is -0.491 e. The molecule has 1 heterocycles. The maximum absolute atomic E-state index is 11.7. The number of aryl methyl sites for hydroxylation is 1. The van der Waals surface area contributed by atoms with E-state index in [1.807, 2.05) is 19.1 Å². The third kappa shape index (κ3) is 6.55. The van der Waals surface area contributed by atoms with Crippen molar-refractivity contribution in [1.29, 1.82) is 0 Å². The molecule has 0 bridgehead atoms. The molecule has 1 saturated heterocycles. The summed E-state index contributed by atoms with van der Waals surface area (Å²) in [4.78, 5) is 14.7. The molecule has 0 aliphatic carbocycles. The summed E-state index contributed by atoms with van der Waals surface area (Å²) in [6, 6.07) is 8.07. The lowest BCUT2D eigenvalue weighted by Gasteiger charge is -2.32. The summed E-state index contributed by atoms with van der Waals surface area (Å²) >= 11 is 0. The first-order valence-corrected chi connectivity index (χ1v) is 9.27. The number of nitrogens with zero attached hydrogens (tertiary/aromatic N) is 1. The molecule has 1 aliphatic rings. The van der Waals surface area contributed by atoms with E-state index in [9.17, 15) is 9.90 Å². The Kier molecular flexibility index (Phi) is 8.01. The van der Waals surface area contributed by atoms with Crippen LogP contribution in [0.3, 0.4) is 0 Å². The predicted octanol–water partition coefficient (Wildman–Crippen LogP) is 0.736. The molecule has 1 unspecified atom stereocenters. The van der Waals surface area contributed by atoms with E-state index in [1.165, 1.54) is 10.5 Å². The molecule has 140 valence electrons. The van der Waals surface area contributed by atoms with Crippen molar-refractivity contribution in [3.63, 3.8) is 0 Å². The first-order chi connectivity index (χ1) is 12.1. The van der Waals surface area contributed by atoms with Crippen molar-refractivity contribution < 1.29 is 24.3 Å². The Hall–Kier alpha value is -1.79. The number of hydrogen-bond acceptors (Lipinski definition) is 4. The van der Waals surface area contributed by atoms with Gasteiger partial charge >= 0.3 is 6.09 Å². The third-order valence-corrected chi connectivity index (χ3v) is 4.43. The second kappa shape index (κ2) is 10.3. The molecule has 2 N–H and O–H groups in total. The van der Waals surface area contributed by atoms with E-state index in [0.717, 1.165) is 31.7 Å². The number of benzene rings is 1. The van der Waals surface area contributed by atoms with Crippen LogP contribution in [-0.4, -0.2) is 68.1 Å². The van der Waals surface area contributed by atoms with Gasteiger partial charge in [-0.05, 0) is 31.0 Å². The Morgan fingerprint density at radius 2 is 1.92 bits per heavy atom. The van der Waals surface area contributed by atoms with Crippen molar-refractivity contribution in [3.05, 3.63) is 29.8 Å². The van der Waals surface area contributed by atoms with Crippen LogP contribution in [0.4, 0.5) is 4.79 Å². The fourth-order valence-electron chi connectivity index (χ4n) is 3.05. The number of rotatable bonds is 8. The fourth-order valence-corrected chi connectivity index (χ4v) is 3.05. The lowest BCUT2D eigenvalue weighted by Crippen LogP contribution is -3.16. The fraction of sp³-hybridized carbons (Fsp3) is 0.632. The number of nitrogens with one attached hydrogen (secondary N) is 1. The molecule has 6 heteroatoms. The van der Waals surface area contributed by atoms with E-state index in [4.69, 9.17) is 9.47 Å². The molecule has 1 aromatic rings. The zero-order valence-corrected chi connectivity index (χ0v) is 15.4. The van der Waals surface area contributed by atoms with Crippen LogP contribution in [0.5, 0.6) is 5.75 Å². The van der Waals surface area contributed by atoms with Gasteiger partial charge in [-0.2, -0.15) is 0 Å². The number of ether oxygens (including phenoxy) is 2. The average molecular weight is 351 g/mol. The van der Waals surface area contributed by atoms with Gasteiger partial charge in [0, 0.05) is 0 Å². The van der Waals surface area contributed by atoms with Crippen LogP contribution in [0.25, 0.3) is 0 Å². The summed E-state index contributed by atoms with van der Waals surface area (Å²) in [5.41, 5.74) is 1.30. The van der Waals surface area contributed by atoms with E-state index in [1.54, 1.807) is 4.90 Å². The standard InChI is InChI=1S/C19H30N2O4/c1-3-5-16-6-8-18(9-7-16)25-15-17(22)14-20-10-12-21(13-11-20)19(23)24-4-2/h6-9,17,22H,3-5,10-15H2,1-2H3/p+1. The monoisotopic (exact) mass is 351 g/mol. The average Bonchev–Trinajstić information content (AvgIpc) is 2.62. The molecule has 25 heavy (non-hydrogen) atoms. The maximum Gasteiger partial charge on any atom is 0.410 e. The highest BCUT2D eigenvalue weighted by Crippen LogP contribution is 2.13. The van der Waals surface area contributed by atoms with Gasteiger partial charge in [0.05, 0.1) is 32.8 Å². The Morgan fingerprint density at radius 1 is 1.24 bits per heavy atom. The molecule has 0 aromatic heterocycles. The second-order valence-electron chi connectivity index (χ2n) is 6.50. The molecule has 2 rings (SSSR count). The van der Waals surface area contributed by atoms with E-state index in [0.29, 0.717) is 26.2 Å². The normalized spacial score (nSPS) is 16.5. The first-order valence-electron chi connectivity index (χ1n) is 9.27. The summed E-state index contributed by atoms with van der Waals surface area (Å²) in [6.07, 6.45) is 1.45. The Labute approximate surface area is 150 Å². The quantitative estimate of drug-likeness (QED) is 0.725. The van der Waals surface area contributed by atoms with Crippen molar-refractivity contribution in [2.24, 2.45) is 0 Å². The van der Waals surface area contributed by atoms with Gasteiger partial charge in [-0.15, -0.1) is 0 Å². The number of aliphatic hydroxyl groups excluding tert-OH is 1. The molecule has 0 radical (unpaired) electrons. The highest BCUT2D eigenvalue weighted by atomic mass is 16.6. The van der Waals surface area contributed by atoms with Gasteiger partial charge in [0.1, 0.15) is 25.0 Å². The molecule has 1 aromatic carbocycles. The van der Waals surface area contributed by atoms with E-state index in [2.05, 4.69) is 19.1 Å². The number of quaternary nitrogens is 1. The van der Waals surface area contributed by atoms with Crippen molar-refractivity contribution in [1.82, 2.24) is 4.90 Å². The number of carbonyl (C=O) groups is 1. The van der Waals surface area contributed by atoms with Gasteiger partial charge in [-0.25, -0.2) is 4.79 Å². The van der Waals surface area contributed by atoms with Crippen molar-refractivity contribution >= 4 is 6.09 Å². The molecule has 0 saturated carbocycles. The highest BCUT2D eigenvalue weighted by Gasteiger charge is 2.26.